The third kappa shape index (κ3) is 4.10. The highest BCUT2D eigenvalue weighted by Gasteiger charge is 2.07. The first-order valence-electron chi connectivity index (χ1n) is 4.12. The molecule has 0 aliphatic heterocycles. The van der Waals surface area contributed by atoms with E-state index in [9.17, 15) is 4.79 Å². The Hall–Kier alpha value is -0.800. The smallest absolute Gasteiger partial charge is 0.196 e. The van der Waals surface area contributed by atoms with E-state index in [-0.39, 0.29) is 11.5 Å². The second kappa shape index (κ2) is 5.04. The molecule has 0 bridgehead atoms. The van der Waals surface area contributed by atoms with Crippen LogP contribution in [0.15, 0.2) is 35.2 Å². The number of aliphatic hydroxyl groups excluding tert-OH is 1. The van der Waals surface area contributed by atoms with Gasteiger partial charge >= 0.3 is 0 Å². The third-order valence-electron chi connectivity index (χ3n) is 1.44. The molecule has 1 unspecified atom stereocenters. The van der Waals surface area contributed by atoms with E-state index in [1.807, 2.05) is 30.3 Å². The van der Waals surface area contributed by atoms with E-state index in [1.54, 1.807) is 6.92 Å². The fraction of sp³-hybridized carbons (Fsp3) is 0.300. The Bertz CT molecular complexity index is 270. The minimum Gasteiger partial charge on any atom is -0.393 e. The highest BCUT2D eigenvalue weighted by molar-refractivity contribution is 8.13. The van der Waals surface area contributed by atoms with Gasteiger partial charge in [0.15, 0.2) is 5.12 Å². The van der Waals surface area contributed by atoms with E-state index in [0.717, 1.165) is 4.90 Å². The van der Waals surface area contributed by atoms with Crippen LogP contribution in [0.4, 0.5) is 0 Å². The lowest BCUT2D eigenvalue weighted by Crippen LogP contribution is -2.05. The molecular weight excluding hydrogens is 184 g/mol. The van der Waals surface area contributed by atoms with Crippen LogP contribution in [0.1, 0.15) is 13.3 Å². The van der Waals surface area contributed by atoms with Crippen molar-refractivity contribution in [3.63, 3.8) is 0 Å². The molecule has 70 valence electrons. The zero-order chi connectivity index (χ0) is 9.68. The summed E-state index contributed by atoms with van der Waals surface area (Å²) in [5, 5.41) is 8.97. The van der Waals surface area contributed by atoms with Crippen LogP contribution in [0.5, 0.6) is 0 Å². The van der Waals surface area contributed by atoms with Crippen LogP contribution >= 0.6 is 11.8 Å². The van der Waals surface area contributed by atoms with Gasteiger partial charge in [-0.1, -0.05) is 30.0 Å². The monoisotopic (exact) mass is 196 g/mol. The molecule has 0 radical (unpaired) electrons. The Morgan fingerprint density at radius 3 is 2.62 bits per heavy atom. The molecule has 0 saturated carbocycles. The van der Waals surface area contributed by atoms with Crippen LogP contribution in [-0.4, -0.2) is 16.3 Å². The highest BCUT2D eigenvalue weighted by atomic mass is 32.2. The lowest BCUT2D eigenvalue weighted by atomic mass is 10.3. The maximum Gasteiger partial charge on any atom is 0.196 e. The first-order chi connectivity index (χ1) is 6.18. The minimum absolute atomic E-state index is 0.00111. The average Bonchev–Trinajstić information content (AvgIpc) is 2.04. The number of thioether (sulfide) groups is 1. The summed E-state index contributed by atoms with van der Waals surface area (Å²) in [4.78, 5) is 12.2. The lowest BCUT2D eigenvalue weighted by molar-refractivity contribution is -0.112. The Morgan fingerprint density at radius 2 is 2.08 bits per heavy atom. The van der Waals surface area contributed by atoms with Crippen molar-refractivity contribution in [2.75, 3.05) is 0 Å². The molecule has 0 spiro atoms. The number of carbonyl (C=O) groups excluding carboxylic acids is 1. The van der Waals surface area contributed by atoms with Crippen molar-refractivity contribution in [1.29, 1.82) is 0 Å². The molecule has 0 fully saturated rings. The largest absolute Gasteiger partial charge is 0.393 e. The van der Waals surface area contributed by atoms with Gasteiger partial charge in [0.25, 0.3) is 0 Å². The summed E-state index contributed by atoms with van der Waals surface area (Å²) in [7, 11) is 0. The van der Waals surface area contributed by atoms with Crippen LogP contribution in [-0.2, 0) is 4.79 Å². The van der Waals surface area contributed by atoms with Gasteiger partial charge in [-0.25, -0.2) is 0 Å². The van der Waals surface area contributed by atoms with E-state index in [4.69, 9.17) is 5.11 Å². The molecule has 3 heteroatoms. The third-order valence-corrected chi connectivity index (χ3v) is 2.34. The second-order valence-corrected chi connectivity index (χ2v) is 3.97. The fourth-order valence-electron chi connectivity index (χ4n) is 0.903. The van der Waals surface area contributed by atoms with Crippen LogP contribution in [0, 0.1) is 0 Å². The van der Waals surface area contributed by atoms with Crippen LogP contribution in [0.2, 0.25) is 0 Å². The van der Waals surface area contributed by atoms with Gasteiger partial charge < -0.3 is 5.11 Å². The van der Waals surface area contributed by atoms with Gasteiger partial charge in [-0.15, -0.1) is 0 Å². The quantitative estimate of drug-likeness (QED) is 0.752. The lowest BCUT2D eigenvalue weighted by Gasteiger charge is -2.02. The summed E-state index contributed by atoms with van der Waals surface area (Å²) in [6.45, 7) is 1.61. The molecule has 1 rings (SSSR count). The van der Waals surface area contributed by atoms with Gasteiger partial charge in [0.1, 0.15) is 0 Å². The number of hydrogen-bond acceptors (Lipinski definition) is 3. The number of aliphatic hydroxyl groups is 1. The molecule has 0 aliphatic rings. The normalized spacial score (nSPS) is 12.5. The molecule has 0 aromatic heterocycles. The van der Waals surface area contributed by atoms with Crippen molar-refractivity contribution >= 4 is 16.9 Å². The second-order valence-electron chi connectivity index (χ2n) is 2.84. The zero-order valence-electron chi connectivity index (χ0n) is 7.43. The van der Waals surface area contributed by atoms with Crippen molar-refractivity contribution in [1.82, 2.24) is 0 Å². The van der Waals surface area contributed by atoms with Gasteiger partial charge in [0, 0.05) is 11.3 Å². The standard InChI is InChI=1S/C10H12O2S/c1-8(11)7-10(12)13-9-5-3-2-4-6-9/h2-6,8,11H,7H2,1H3. The summed E-state index contributed by atoms with van der Waals surface area (Å²) < 4.78 is 0. The number of carbonyl (C=O) groups is 1. The van der Waals surface area contributed by atoms with Crippen molar-refractivity contribution in [3.8, 4) is 0 Å². The van der Waals surface area contributed by atoms with Crippen LogP contribution < -0.4 is 0 Å². The fourth-order valence-corrected chi connectivity index (χ4v) is 1.78. The number of benzene rings is 1. The van der Waals surface area contributed by atoms with Gasteiger partial charge in [0.05, 0.1) is 6.10 Å². The summed E-state index contributed by atoms with van der Waals surface area (Å²) in [5.74, 6) is 0. The molecule has 0 heterocycles. The molecule has 1 aromatic carbocycles. The Balaban J connectivity index is 2.46. The molecule has 2 nitrogen and oxygen atoms in total. The minimum atomic E-state index is -0.552. The van der Waals surface area contributed by atoms with Crippen molar-refractivity contribution < 1.29 is 9.90 Å². The molecule has 13 heavy (non-hydrogen) atoms. The number of hydrogen-bond donors (Lipinski definition) is 1. The summed E-state index contributed by atoms with van der Waals surface area (Å²) in [6, 6.07) is 9.44. The average molecular weight is 196 g/mol. The molecule has 0 saturated heterocycles. The topological polar surface area (TPSA) is 37.3 Å². The molecule has 0 aliphatic carbocycles. The molecular formula is C10H12O2S. The van der Waals surface area contributed by atoms with E-state index in [1.165, 1.54) is 11.8 Å². The molecule has 1 aromatic rings. The van der Waals surface area contributed by atoms with Crippen molar-refractivity contribution in [2.24, 2.45) is 0 Å². The highest BCUT2D eigenvalue weighted by Crippen LogP contribution is 2.19. The predicted octanol–water partition coefficient (Wildman–Crippen LogP) is 2.08. The van der Waals surface area contributed by atoms with Crippen molar-refractivity contribution in [3.05, 3.63) is 30.3 Å². The predicted molar refractivity (Wildman–Crippen MR) is 53.6 cm³/mol. The van der Waals surface area contributed by atoms with Gasteiger partial charge in [-0.2, -0.15) is 0 Å². The van der Waals surface area contributed by atoms with E-state index < -0.39 is 6.10 Å². The summed E-state index contributed by atoms with van der Waals surface area (Å²) >= 11 is 1.17. The molecule has 1 N–H and O–H groups in total. The van der Waals surface area contributed by atoms with E-state index >= 15 is 0 Å². The van der Waals surface area contributed by atoms with Gasteiger partial charge in [-0.3, -0.25) is 4.79 Å². The van der Waals surface area contributed by atoms with Crippen molar-refractivity contribution in [2.45, 2.75) is 24.3 Å². The Morgan fingerprint density at radius 1 is 1.46 bits per heavy atom. The molecule has 0 amide bonds. The van der Waals surface area contributed by atoms with Gasteiger partial charge in [0.2, 0.25) is 0 Å². The number of rotatable bonds is 3. The zero-order valence-corrected chi connectivity index (χ0v) is 8.25. The van der Waals surface area contributed by atoms with E-state index in [2.05, 4.69) is 0 Å². The summed E-state index contributed by atoms with van der Waals surface area (Å²) in [5.41, 5.74) is 0. The Kier molecular flexibility index (Phi) is 3.99. The van der Waals surface area contributed by atoms with E-state index in [0.29, 0.717) is 0 Å². The first-order valence-corrected chi connectivity index (χ1v) is 4.94. The molecule has 1 atom stereocenters. The van der Waals surface area contributed by atoms with Crippen LogP contribution in [0.25, 0.3) is 0 Å². The maximum atomic E-state index is 11.2. The Labute approximate surface area is 82.0 Å². The van der Waals surface area contributed by atoms with Crippen LogP contribution in [0.3, 0.4) is 0 Å². The SMILES string of the molecule is CC(O)CC(=O)Sc1ccccc1. The van der Waals surface area contributed by atoms with Gasteiger partial charge in [-0.05, 0) is 19.1 Å². The first kappa shape index (κ1) is 10.3. The summed E-state index contributed by atoms with van der Waals surface area (Å²) in [6.07, 6.45) is -0.344. The maximum absolute atomic E-state index is 11.2.